The fourth-order valence-corrected chi connectivity index (χ4v) is 4.96. The van der Waals surface area contributed by atoms with Crippen LogP contribution >= 0.6 is 11.3 Å². The molecule has 1 aliphatic heterocycles. The topological polar surface area (TPSA) is 69.6 Å². The molecule has 3 heterocycles. The molecule has 0 atom stereocenters. The Balaban J connectivity index is 1.59. The van der Waals surface area contributed by atoms with Crippen molar-refractivity contribution in [3.63, 3.8) is 0 Å². The van der Waals surface area contributed by atoms with E-state index in [2.05, 4.69) is 49.4 Å². The van der Waals surface area contributed by atoms with E-state index >= 15 is 0 Å². The third kappa shape index (κ3) is 3.72. The van der Waals surface area contributed by atoms with Crippen LogP contribution in [0.5, 0.6) is 0 Å². The standard InChI is InChI=1S/C21H24N4O2S/c1-2-24(12-18(26)27)16-8-10-25(11-9-16)20-19-17(15-6-4-3-5-7-15)13-28-21(19)23-14-22-20/h3-7,13-14,16H,2,8-12H2,1H3,(H,26,27). The van der Waals surface area contributed by atoms with Gasteiger partial charge in [-0.05, 0) is 24.9 Å². The summed E-state index contributed by atoms with van der Waals surface area (Å²) in [5.41, 5.74) is 2.36. The summed E-state index contributed by atoms with van der Waals surface area (Å²) in [5.74, 6) is 0.234. The van der Waals surface area contributed by atoms with Crippen LogP contribution in [0, 0.1) is 0 Å². The Kier molecular flexibility index (Phi) is 5.54. The first kappa shape index (κ1) is 18.8. The summed E-state index contributed by atoms with van der Waals surface area (Å²) in [7, 11) is 0. The number of thiophene rings is 1. The Labute approximate surface area is 168 Å². The van der Waals surface area contributed by atoms with E-state index < -0.39 is 5.97 Å². The van der Waals surface area contributed by atoms with Crippen molar-refractivity contribution in [3.8, 4) is 11.1 Å². The number of hydrogen-bond acceptors (Lipinski definition) is 6. The van der Waals surface area contributed by atoms with E-state index in [9.17, 15) is 4.79 Å². The minimum Gasteiger partial charge on any atom is -0.480 e. The van der Waals surface area contributed by atoms with Gasteiger partial charge in [0.1, 0.15) is 17.0 Å². The van der Waals surface area contributed by atoms with E-state index in [0.29, 0.717) is 6.04 Å². The maximum atomic E-state index is 11.1. The highest BCUT2D eigenvalue weighted by Crippen LogP contribution is 2.38. The number of aromatic nitrogens is 2. The van der Waals surface area contributed by atoms with Gasteiger partial charge in [-0.2, -0.15) is 0 Å². The zero-order valence-corrected chi connectivity index (χ0v) is 16.7. The normalized spacial score (nSPS) is 15.4. The van der Waals surface area contributed by atoms with Crippen molar-refractivity contribution in [2.75, 3.05) is 31.1 Å². The Bertz CT molecular complexity index is 951. The number of fused-ring (bicyclic) bond motifs is 1. The molecule has 0 amide bonds. The highest BCUT2D eigenvalue weighted by atomic mass is 32.1. The first-order chi connectivity index (χ1) is 13.7. The van der Waals surface area contributed by atoms with Crippen molar-refractivity contribution in [1.29, 1.82) is 0 Å². The second-order valence-electron chi connectivity index (χ2n) is 7.07. The van der Waals surface area contributed by atoms with Crippen LogP contribution < -0.4 is 4.90 Å². The number of piperidine rings is 1. The summed E-state index contributed by atoms with van der Waals surface area (Å²) in [5, 5.41) is 12.4. The minimum atomic E-state index is -0.757. The van der Waals surface area contributed by atoms with E-state index in [4.69, 9.17) is 5.11 Å². The predicted octanol–water partition coefficient (Wildman–Crippen LogP) is 3.73. The molecule has 146 valence electrons. The first-order valence-electron chi connectivity index (χ1n) is 9.65. The highest BCUT2D eigenvalue weighted by Gasteiger charge is 2.27. The third-order valence-corrected chi connectivity index (χ3v) is 6.35. The molecule has 0 unspecified atom stereocenters. The third-order valence-electron chi connectivity index (χ3n) is 5.46. The SMILES string of the molecule is CCN(CC(=O)O)C1CCN(c2ncnc3scc(-c4ccccc4)c23)CC1. The van der Waals surface area contributed by atoms with E-state index in [1.807, 2.05) is 13.0 Å². The van der Waals surface area contributed by atoms with Crippen LogP contribution in [0.15, 0.2) is 42.0 Å². The molecule has 2 aromatic heterocycles. The highest BCUT2D eigenvalue weighted by molar-refractivity contribution is 7.17. The van der Waals surface area contributed by atoms with Gasteiger partial charge < -0.3 is 10.0 Å². The van der Waals surface area contributed by atoms with Crippen molar-refractivity contribution in [2.24, 2.45) is 0 Å². The van der Waals surface area contributed by atoms with Crippen molar-refractivity contribution < 1.29 is 9.90 Å². The van der Waals surface area contributed by atoms with Crippen LogP contribution in [-0.4, -0.2) is 58.2 Å². The van der Waals surface area contributed by atoms with Crippen molar-refractivity contribution in [3.05, 3.63) is 42.0 Å². The van der Waals surface area contributed by atoms with Gasteiger partial charge in [0.15, 0.2) is 0 Å². The zero-order valence-electron chi connectivity index (χ0n) is 15.9. The molecular formula is C21H24N4O2S. The molecule has 1 N–H and O–H groups in total. The number of hydrogen-bond donors (Lipinski definition) is 1. The summed E-state index contributed by atoms with van der Waals surface area (Å²) in [6.45, 7) is 4.65. The van der Waals surface area contributed by atoms with Gasteiger partial charge in [0.05, 0.1) is 11.9 Å². The van der Waals surface area contributed by atoms with Gasteiger partial charge >= 0.3 is 5.97 Å². The average molecular weight is 397 g/mol. The molecule has 0 aliphatic carbocycles. The molecule has 6 nitrogen and oxygen atoms in total. The lowest BCUT2D eigenvalue weighted by Crippen LogP contribution is -2.46. The Morgan fingerprint density at radius 3 is 2.68 bits per heavy atom. The van der Waals surface area contributed by atoms with Gasteiger partial charge in [0.2, 0.25) is 0 Å². The molecule has 3 aromatic rings. The lowest BCUT2D eigenvalue weighted by Gasteiger charge is -2.38. The second-order valence-corrected chi connectivity index (χ2v) is 7.93. The maximum Gasteiger partial charge on any atom is 0.317 e. The van der Waals surface area contributed by atoms with Gasteiger partial charge in [-0.3, -0.25) is 9.69 Å². The summed E-state index contributed by atoms with van der Waals surface area (Å²) < 4.78 is 0. The van der Waals surface area contributed by atoms with Crippen LogP contribution in [0.2, 0.25) is 0 Å². The summed E-state index contributed by atoms with van der Waals surface area (Å²) in [4.78, 5) is 25.6. The Morgan fingerprint density at radius 2 is 2.00 bits per heavy atom. The quantitative estimate of drug-likeness (QED) is 0.685. The van der Waals surface area contributed by atoms with Crippen LogP contribution in [0.1, 0.15) is 19.8 Å². The van der Waals surface area contributed by atoms with E-state index in [1.165, 1.54) is 11.1 Å². The maximum absolute atomic E-state index is 11.1. The number of carbonyl (C=O) groups is 1. The Morgan fingerprint density at radius 1 is 1.25 bits per heavy atom. The molecule has 28 heavy (non-hydrogen) atoms. The molecule has 1 aliphatic rings. The number of anilines is 1. The fourth-order valence-electron chi connectivity index (χ4n) is 4.04. The molecular weight excluding hydrogens is 372 g/mol. The molecule has 0 radical (unpaired) electrons. The summed E-state index contributed by atoms with van der Waals surface area (Å²) >= 11 is 1.65. The number of benzene rings is 1. The summed E-state index contributed by atoms with van der Waals surface area (Å²) in [6.07, 6.45) is 3.53. The smallest absolute Gasteiger partial charge is 0.317 e. The average Bonchev–Trinajstić information content (AvgIpc) is 3.17. The molecule has 4 rings (SSSR count). The number of likely N-dealkylation sites (N-methyl/N-ethyl adjacent to an activating group) is 1. The number of aliphatic carboxylic acids is 1. The Hall–Kier alpha value is -2.51. The van der Waals surface area contributed by atoms with Crippen molar-refractivity contribution >= 4 is 33.3 Å². The van der Waals surface area contributed by atoms with Gasteiger partial charge in [0.25, 0.3) is 0 Å². The summed E-state index contributed by atoms with van der Waals surface area (Å²) in [6, 6.07) is 10.7. The van der Waals surface area contributed by atoms with Crippen LogP contribution in [0.25, 0.3) is 21.3 Å². The van der Waals surface area contributed by atoms with E-state index in [1.54, 1.807) is 17.7 Å². The van der Waals surface area contributed by atoms with Gasteiger partial charge in [-0.15, -0.1) is 11.3 Å². The molecule has 1 aromatic carbocycles. The van der Waals surface area contributed by atoms with E-state index in [-0.39, 0.29) is 6.54 Å². The number of rotatable bonds is 6. The van der Waals surface area contributed by atoms with E-state index in [0.717, 1.165) is 48.5 Å². The predicted molar refractivity (Wildman–Crippen MR) is 113 cm³/mol. The zero-order chi connectivity index (χ0) is 19.5. The lowest BCUT2D eigenvalue weighted by atomic mass is 10.0. The molecule has 7 heteroatoms. The fraction of sp³-hybridized carbons (Fsp3) is 0.381. The number of carboxylic acid groups (broad SMARTS) is 1. The number of nitrogens with zero attached hydrogens (tertiary/aromatic N) is 4. The monoisotopic (exact) mass is 396 g/mol. The first-order valence-corrected chi connectivity index (χ1v) is 10.5. The molecule has 0 spiro atoms. The van der Waals surface area contributed by atoms with Crippen molar-refractivity contribution in [1.82, 2.24) is 14.9 Å². The van der Waals surface area contributed by atoms with Gasteiger partial charge in [-0.1, -0.05) is 37.3 Å². The molecule has 1 fully saturated rings. The number of carboxylic acids is 1. The molecule has 0 bridgehead atoms. The van der Waals surface area contributed by atoms with Crippen LogP contribution in [0.4, 0.5) is 5.82 Å². The lowest BCUT2D eigenvalue weighted by molar-refractivity contribution is -0.139. The van der Waals surface area contributed by atoms with Gasteiger partial charge in [-0.25, -0.2) is 9.97 Å². The molecule has 1 saturated heterocycles. The minimum absolute atomic E-state index is 0.113. The van der Waals surface area contributed by atoms with Crippen LogP contribution in [0.3, 0.4) is 0 Å². The van der Waals surface area contributed by atoms with Gasteiger partial charge in [0, 0.05) is 30.1 Å². The largest absolute Gasteiger partial charge is 0.480 e. The second kappa shape index (κ2) is 8.24. The van der Waals surface area contributed by atoms with Crippen molar-refractivity contribution in [2.45, 2.75) is 25.8 Å². The molecule has 0 saturated carbocycles. The van der Waals surface area contributed by atoms with Crippen LogP contribution in [-0.2, 0) is 4.79 Å².